The van der Waals surface area contributed by atoms with E-state index < -0.39 is 0 Å². The van der Waals surface area contributed by atoms with Gasteiger partial charge in [-0.3, -0.25) is 9.48 Å². The van der Waals surface area contributed by atoms with Gasteiger partial charge in [0.05, 0.1) is 0 Å². The molecule has 3 rings (SSSR count). The van der Waals surface area contributed by atoms with E-state index in [4.69, 9.17) is 9.47 Å². The summed E-state index contributed by atoms with van der Waals surface area (Å²) in [5.74, 6) is 1.50. The van der Waals surface area contributed by atoms with Crippen LogP contribution in [-0.4, -0.2) is 28.9 Å². The van der Waals surface area contributed by atoms with Crippen LogP contribution in [-0.2, 0) is 17.9 Å². The van der Waals surface area contributed by atoms with Crippen LogP contribution in [0.4, 0.5) is 0 Å². The SMILES string of the molecule is O=C(CCn1cccn1)NCc1ccc2c(c1)OCCO2. The number of nitrogens with one attached hydrogen (secondary N) is 1. The molecule has 0 aliphatic carbocycles. The molecule has 21 heavy (non-hydrogen) atoms. The second kappa shape index (κ2) is 6.30. The summed E-state index contributed by atoms with van der Waals surface area (Å²) in [6, 6.07) is 7.55. The van der Waals surface area contributed by atoms with Gasteiger partial charge in [-0.1, -0.05) is 6.07 Å². The number of carbonyl (C=O) groups excluding carboxylic acids is 1. The van der Waals surface area contributed by atoms with Gasteiger partial charge in [-0.2, -0.15) is 5.10 Å². The van der Waals surface area contributed by atoms with Gasteiger partial charge in [-0.05, 0) is 23.8 Å². The third-order valence-corrected chi connectivity index (χ3v) is 3.22. The first kappa shape index (κ1) is 13.5. The van der Waals surface area contributed by atoms with Crippen LogP contribution in [0.1, 0.15) is 12.0 Å². The monoisotopic (exact) mass is 287 g/mol. The molecule has 0 saturated heterocycles. The average molecular weight is 287 g/mol. The van der Waals surface area contributed by atoms with Crippen molar-refractivity contribution >= 4 is 5.91 Å². The molecular weight excluding hydrogens is 270 g/mol. The summed E-state index contributed by atoms with van der Waals surface area (Å²) >= 11 is 0. The molecule has 6 heteroatoms. The van der Waals surface area contributed by atoms with Crippen molar-refractivity contribution in [2.45, 2.75) is 19.5 Å². The van der Waals surface area contributed by atoms with Crippen molar-refractivity contribution in [3.63, 3.8) is 0 Å². The first-order valence-corrected chi connectivity index (χ1v) is 6.94. The Morgan fingerprint density at radius 3 is 2.95 bits per heavy atom. The lowest BCUT2D eigenvalue weighted by molar-refractivity contribution is -0.121. The summed E-state index contributed by atoms with van der Waals surface area (Å²) in [6.07, 6.45) is 3.95. The largest absolute Gasteiger partial charge is 0.486 e. The minimum Gasteiger partial charge on any atom is -0.486 e. The van der Waals surface area contributed by atoms with Crippen LogP contribution >= 0.6 is 0 Å². The standard InChI is InChI=1S/C15H17N3O3/c19-15(4-7-18-6-1-5-17-18)16-11-12-2-3-13-14(10-12)21-9-8-20-13/h1-3,5-6,10H,4,7-9,11H2,(H,16,19). The van der Waals surface area contributed by atoms with Gasteiger partial charge in [0.1, 0.15) is 13.2 Å². The highest BCUT2D eigenvalue weighted by Crippen LogP contribution is 2.30. The summed E-state index contributed by atoms with van der Waals surface area (Å²) in [6.45, 7) is 2.21. The number of carbonyl (C=O) groups is 1. The molecular formula is C15H17N3O3. The van der Waals surface area contributed by atoms with E-state index in [-0.39, 0.29) is 5.91 Å². The van der Waals surface area contributed by atoms with E-state index in [9.17, 15) is 4.79 Å². The Kier molecular flexibility index (Phi) is 4.04. The van der Waals surface area contributed by atoms with Crippen LogP contribution in [0, 0.1) is 0 Å². The first-order chi connectivity index (χ1) is 10.3. The van der Waals surface area contributed by atoms with Gasteiger partial charge in [0.2, 0.25) is 5.91 Å². The minimum atomic E-state index is 0.000360. The highest BCUT2D eigenvalue weighted by molar-refractivity contribution is 5.75. The molecule has 6 nitrogen and oxygen atoms in total. The summed E-state index contributed by atoms with van der Waals surface area (Å²) in [7, 11) is 0. The lowest BCUT2D eigenvalue weighted by Crippen LogP contribution is -2.24. The molecule has 1 aromatic carbocycles. The molecule has 0 fully saturated rings. The Morgan fingerprint density at radius 1 is 1.29 bits per heavy atom. The number of benzene rings is 1. The van der Waals surface area contributed by atoms with Crippen LogP contribution in [0.2, 0.25) is 0 Å². The summed E-state index contributed by atoms with van der Waals surface area (Å²) < 4.78 is 12.7. The summed E-state index contributed by atoms with van der Waals surface area (Å²) in [5, 5.41) is 6.95. The topological polar surface area (TPSA) is 65.4 Å². The van der Waals surface area contributed by atoms with Crippen LogP contribution in [0.3, 0.4) is 0 Å². The molecule has 1 aromatic heterocycles. The van der Waals surface area contributed by atoms with E-state index in [1.165, 1.54) is 0 Å². The van der Waals surface area contributed by atoms with Crippen LogP contribution < -0.4 is 14.8 Å². The molecule has 1 amide bonds. The zero-order valence-corrected chi connectivity index (χ0v) is 11.6. The van der Waals surface area contributed by atoms with Gasteiger partial charge in [0.25, 0.3) is 0 Å². The van der Waals surface area contributed by atoms with E-state index in [1.807, 2.05) is 30.5 Å². The van der Waals surface area contributed by atoms with Crippen LogP contribution in [0.25, 0.3) is 0 Å². The van der Waals surface area contributed by atoms with Crippen molar-refractivity contribution in [2.75, 3.05) is 13.2 Å². The molecule has 0 bridgehead atoms. The van der Waals surface area contributed by atoms with Gasteiger partial charge in [-0.25, -0.2) is 0 Å². The molecule has 2 heterocycles. The van der Waals surface area contributed by atoms with Gasteiger partial charge in [0, 0.05) is 31.9 Å². The van der Waals surface area contributed by atoms with Crippen molar-refractivity contribution in [2.24, 2.45) is 0 Å². The molecule has 0 unspecified atom stereocenters. The van der Waals surface area contributed by atoms with E-state index in [0.29, 0.717) is 32.7 Å². The van der Waals surface area contributed by atoms with Crippen molar-refractivity contribution in [1.29, 1.82) is 0 Å². The minimum absolute atomic E-state index is 0.000360. The Bertz CT molecular complexity index is 611. The van der Waals surface area contributed by atoms with Gasteiger partial charge < -0.3 is 14.8 Å². The fourth-order valence-electron chi connectivity index (χ4n) is 2.14. The maximum absolute atomic E-state index is 11.8. The number of amides is 1. The quantitative estimate of drug-likeness (QED) is 0.902. The van der Waals surface area contributed by atoms with Gasteiger partial charge in [0.15, 0.2) is 11.5 Å². The fourth-order valence-corrected chi connectivity index (χ4v) is 2.14. The Labute approximate surface area is 122 Å². The number of ether oxygens (including phenoxy) is 2. The smallest absolute Gasteiger partial charge is 0.222 e. The second-order valence-corrected chi connectivity index (χ2v) is 4.77. The fraction of sp³-hybridized carbons (Fsp3) is 0.333. The lowest BCUT2D eigenvalue weighted by Gasteiger charge is -2.19. The zero-order valence-electron chi connectivity index (χ0n) is 11.6. The van der Waals surface area contributed by atoms with Gasteiger partial charge in [-0.15, -0.1) is 0 Å². The third-order valence-electron chi connectivity index (χ3n) is 3.22. The van der Waals surface area contributed by atoms with E-state index in [1.54, 1.807) is 10.9 Å². The number of rotatable bonds is 5. The maximum Gasteiger partial charge on any atom is 0.222 e. The zero-order chi connectivity index (χ0) is 14.5. The Hall–Kier alpha value is -2.50. The molecule has 2 aromatic rings. The average Bonchev–Trinajstić information content (AvgIpc) is 3.04. The molecule has 110 valence electrons. The van der Waals surface area contributed by atoms with Crippen molar-refractivity contribution < 1.29 is 14.3 Å². The lowest BCUT2D eigenvalue weighted by atomic mass is 10.2. The molecule has 1 aliphatic rings. The Morgan fingerprint density at radius 2 is 2.14 bits per heavy atom. The summed E-state index contributed by atoms with van der Waals surface area (Å²) in [4.78, 5) is 11.8. The predicted molar refractivity (Wildman–Crippen MR) is 76.1 cm³/mol. The molecule has 1 N–H and O–H groups in total. The predicted octanol–water partition coefficient (Wildman–Crippen LogP) is 1.36. The van der Waals surface area contributed by atoms with Crippen molar-refractivity contribution in [1.82, 2.24) is 15.1 Å². The Balaban J connectivity index is 1.49. The first-order valence-electron chi connectivity index (χ1n) is 6.94. The van der Waals surface area contributed by atoms with Crippen LogP contribution in [0.5, 0.6) is 11.5 Å². The molecule has 0 spiro atoms. The van der Waals surface area contributed by atoms with E-state index in [0.717, 1.165) is 17.1 Å². The van der Waals surface area contributed by atoms with Crippen molar-refractivity contribution in [3.8, 4) is 11.5 Å². The number of hydrogen-bond acceptors (Lipinski definition) is 4. The molecule has 0 radical (unpaired) electrons. The van der Waals surface area contributed by atoms with E-state index >= 15 is 0 Å². The number of fused-ring (bicyclic) bond motifs is 1. The highest BCUT2D eigenvalue weighted by Gasteiger charge is 2.11. The number of aryl methyl sites for hydroxylation is 1. The number of hydrogen-bond donors (Lipinski definition) is 1. The number of nitrogens with zero attached hydrogens (tertiary/aromatic N) is 2. The van der Waals surface area contributed by atoms with Crippen molar-refractivity contribution in [3.05, 3.63) is 42.2 Å². The molecule has 0 atom stereocenters. The maximum atomic E-state index is 11.8. The van der Waals surface area contributed by atoms with Gasteiger partial charge >= 0.3 is 0 Å². The molecule has 1 aliphatic heterocycles. The third kappa shape index (κ3) is 3.53. The molecule has 0 saturated carbocycles. The van der Waals surface area contributed by atoms with Crippen LogP contribution in [0.15, 0.2) is 36.7 Å². The summed E-state index contributed by atoms with van der Waals surface area (Å²) in [5.41, 5.74) is 0.992. The highest BCUT2D eigenvalue weighted by atomic mass is 16.6. The second-order valence-electron chi connectivity index (χ2n) is 4.77. The van der Waals surface area contributed by atoms with E-state index in [2.05, 4.69) is 10.4 Å². The normalized spacial score (nSPS) is 13.0. The number of aromatic nitrogens is 2.